The highest BCUT2D eigenvalue weighted by Crippen LogP contribution is 2.45. The monoisotopic (exact) mass is 1210 g/mol. The smallest absolute Gasteiger partial charge is 0.462 e. The molecule has 0 radical (unpaired) electrons. The summed E-state index contributed by atoms with van der Waals surface area (Å²) in [7, 11) is -9.89. The zero-order valence-corrected chi connectivity index (χ0v) is 54.9. The van der Waals surface area contributed by atoms with Crippen LogP contribution in [0.5, 0.6) is 0 Å². The van der Waals surface area contributed by atoms with Crippen molar-refractivity contribution in [3.63, 3.8) is 0 Å². The number of aliphatic hydroxyl groups is 1. The van der Waals surface area contributed by atoms with Crippen LogP contribution in [0.25, 0.3) is 0 Å². The summed E-state index contributed by atoms with van der Waals surface area (Å²) >= 11 is 0. The molecule has 0 aromatic rings. The second-order valence-electron chi connectivity index (χ2n) is 24.5. The maximum absolute atomic E-state index is 13.0. The van der Waals surface area contributed by atoms with Gasteiger partial charge in [-0.25, -0.2) is 9.13 Å². The van der Waals surface area contributed by atoms with Crippen molar-refractivity contribution in [3.8, 4) is 0 Å². The van der Waals surface area contributed by atoms with Gasteiger partial charge >= 0.3 is 39.5 Å². The predicted molar refractivity (Wildman–Crippen MR) is 326 cm³/mol. The molecule has 82 heavy (non-hydrogen) atoms. The lowest BCUT2D eigenvalue weighted by atomic mass is 10.00. The molecule has 6 atom stereocenters. The minimum absolute atomic E-state index is 0.102. The van der Waals surface area contributed by atoms with E-state index >= 15 is 0 Å². The van der Waals surface area contributed by atoms with Crippen LogP contribution < -0.4 is 0 Å². The molecule has 0 aliphatic rings. The maximum Gasteiger partial charge on any atom is 0.472 e. The van der Waals surface area contributed by atoms with Gasteiger partial charge in [0.15, 0.2) is 12.2 Å². The Kier molecular flexibility index (Phi) is 52.0. The molecule has 0 aromatic carbocycles. The number of carbonyl (C=O) groups excluding carboxylic acids is 4. The average molecular weight is 1210 g/mol. The molecule has 0 saturated carbocycles. The van der Waals surface area contributed by atoms with Crippen molar-refractivity contribution in [3.05, 3.63) is 0 Å². The van der Waals surface area contributed by atoms with Crippen LogP contribution >= 0.6 is 15.6 Å². The number of hydrogen-bond acceptors (Lipinski definition) is 15. The maximum atomic E-state index is 13.0. The van der Waals surface area contributed by atoms with E-state index in [-0.39, 0.29) is 25.7 Å². The summed E-state index contributed by atoms with van der Waals surface area (Å²) < 4.78 is 67.9. The standard InChI is InChI=1S/C63H122O17P2/c1-9-56(8)42-34-26-20-22-30-38-46-63(68)80-59(49-73-60(65)43-35-27-17-14-13-16-24-32-40-54(4)5)52-78-82(71,72)76-48-57(64)47-75-81(69,70)77-51-58(50-74-61(66)44-36-28-21-19-25-33-41-55(6)7)79-62(67)45-37-29-18-12-10-11-15-23-31-39-53(2)3/h53-59,64H,9-52H2,1-8H3,(H,69,70)(H,71,72)/t56?,57-,58+,59+/m0/s1. The topological polar surface area (TPSA) is 237 Å². The second kappa shape index (κ2) is 53.3. The number of aliphatic hydroxyl groups excluding tert-OH is 1. The highest BCUT2D eigenvalue weighted by molar-refractivity contribution is 7.47. The first-order valence-corrected chi connectivity index (χ1v) is 35.7. The predicted octanol–water partition coefficient (Wildman–Crippen LogP) is 17.0. The van der Waals surface area contributed by atoms with E-state index in [1.807, 2.05) is 0 Å². The van der Waals surface area contributed by atoms with Crippen molar-refractivity contribution < 1.29 is 80.2 Å². The van der Waals surface area contributed by atoms with Crippen molar-refractivity contribution in [1.29, 1.82) is 0 Å². The highest BCUT2D eigenvalue weighted by Gasteiger charge is 2.30. The summed E-state index contributed by atoms with van der Waals surface area (Å²) in [5.41, 5.74) is 0. The first kappa shape index (κ1) is 80.1. The van der Waals surface area contributed by atoms with Gasteiger partial charge in [0.2, 0.25) is 0 Å². The quantitative estimate of drug-likeness (QED) is 0.0222. The minimum Gasteiger partial charge on any atom is -0.462 e. The van der Waals surface area contributed by atoms with Gasteiger partial charge in [0.1, 0.15) is 19.3 Å². The van der Waals surface area contributed by atoms with Gasteiger partial charge in [-0.05, 0) is 49.4 Å². The Hall–Kier alpha value is -1.94. The Bertz CT molecular complexity index is 1650. The van der Waals surface area contributed by atoms with Gasteiger partial charge in [-0.1, -0.05) is 248 Å². The Balaban J connectivity index is 5.25. The van der Waals surface area contributed by atoms with E-state index in [0.29, 0.717) is 31.6 Å². The lowest BCUT2D eigenvalue weighted by Crippen LogP contribution is -2.30. The van der Waals surface area contributed by atoms with E-state index < -0.39 is 97.5 Å². The van der Waals surface area contributed by atoms with Gasteiger partial charge in [0.25, 0.3) is 0 Å². The zero-order chi connectivity index (χ0) is 61.1. The van der Waals surface area contributed by atoms with Crippen LogP contribution in [0.2, 0.25) is 0 Å². The number of unbranched alkanes of at least 4 members (excludes halogenated alkanes) is 25. The van der Waals surface area contributed by atoms with Crippen LogP contribution in [0.1, 0.15) is 299 Å². The molecule has 0 fully saturated rings. The van der Waals surface area contributed by atoms with E-state index in [1.54, 1.807) is 0 Å². The molecule has 0 aromatic heterocycles. The number of phosphoric acid groups is 2. The number of phosphoric ester groups is 2. The van der Waals surface area contributed by atoms with E-state index in [2.05, 4.69) is 55.4 Å². The summed E-state index contributed by atoms with van der Waals surface area (Å²) in [5, 5.41) is 10.5. The lowest BCUT2D eigenvalue weighted by Gasteiger charge is -2.21. The highest BCUT2D eigenvalue weighted by atomic mass is 31.2. The number of ether oxygens (including phenoxy) is 4. The minimum atomic E-state index is -4.94. The Morgan fingerprint density at radius 2 is 0.585 bits per heavy atom. The summed E-state index contributed by atoms with van der Waals surface area (Å²) in [6.45, 7) is 13.9. The van der Waals surface area contributed by atoms with Crippen molar-refractivity contribution in [2.24, 2.45) is 23.7 Å². The van der Waals surface area contributed by atoms with Crippen molar-refractivity contribution in [2.75, 3.05) is 39.6 Å². The molecule has 0 heterocycles. The van der Waals surface area contributed by atoms with Crippen molar-refractivity contribution in [1.82, 2.24) is 0 Å². The van der Waals surface area contributed by atoms with Gasteiger partial charge in [0.05, 0.1) is 26.4 Å². The molecule has 3 N–H and O–H groups in total. The average Bonchev–Trinajstić information content (AvgIpc) is 3.42. The number of esters is 4. The molecule has 0 rings (SSSR count). The molecule has 0 amide bonds. The number of hydrogen-bond donors (Lipinski definition) is 3. The van der Waals surface area contributed by atoms with E-state index in [1.165, 1.54) is 96.3 Å². The second-order valence-corrected chi connectivity index (χ2v) is 27.4. The van der Waals surface area contributed by atoms with Crippen molar-refractivity contribution >= 4 is 39.5 Å². The molecule has 17 nitrogen and oxygen atoms in total. The van der Waals surface area contributed by atoms with Crippen LogP contribution in [0.4, 0.5) is 0 Å². The molecular formula is C63H122O17P2. The largest absolute Gasteiger partial charge is 0.472 e. The first-order valence-electron chi connectivity index (χ1n) is 32.7. The van der Waals surface area contributed by atoms with Crippen molar-refractivity contribution in [2.45, 2.75) is 318 Å². The van der Waals surface area contributed by atoms with Gasteiger partial charge in [0, 0.05) is 25.7 Å². The normalized spacial score (nSPS) is 14.8. The zero-order valence-electron chi connectivity index (χ0n) is 53.1. The molecule has 0 aliphatic carbocycles. The summed E-state index contributed by atoms with van der Waals surface area (Å²) in [6.07, 6.45) is 32.3. The molecule has 0 aliphatic heterocycles. The van der Waals surface area contributed by atoms with Gasteiger partial charge in [-0.2, -0.15) is 0 Å². The molecule has 0 saturated heterocycles. The Morgan fingerprint density at radius 1 is 0.341 bits per heavy atom. The van der Waals surface area contributed by atoms with Crippen LogP contribution in [0.15, 0.2) is 0 Å². The summed E-state index contributed by atoms with van der Waals surface area (Å²) in [4.78, 5) is 72.1. The van der Waals surface area contributed by atoms with E-state index in [0.717, 1.165) is 114 Å². The molecule has 3 unspecified atom stereocenters. The number of rotatable bonds is 60. The third kappa shape index (κ3) is 55.9. The fraction of sp³-hybridized carbons (Fsp3) is 0.937. The Morgan fingerprint density at radius 3 is 0.866 bits per heavy atom. The summed E-state index contributed by atoms with van der Waals surface area (Å²) in [5.74, 6) is 0.718. The van der Waals surface area contributed by atoms with E-state index in [9.17, 15) is 43.2 Å². The lowest BCUT2D eigenvalue weighted by molar-refractivity contribution is -0.161. The van der Waals surface area contributed by atoms with Gasteiger partial charge < -0.3 is 33.8 Å². The fourth-order valence-corrected chi connectivity index (χ4v) is 10.8. The third-order valence-electron chi connectivity index (χ3n) is 14.7. The van der Waals surface area contributed by atoms with Crippen LogP contribution in [-0.4, -0.2) is 96.7 Å². The van der Waals surface area contributed by atoms with Gasteiger partial charge in [-0.3, -0.25) is 37.3 Å². The molecular weight excluding hydrogens is 1090 g/mol. The van der Waals surface area contributed by atoms with Crippen LogP contribution in [0.3, 0.4) is 0 Å². The van der Waals surface area contributed by atoms with Gasteiger partial charge in [-0.15, -0.1) is 0 Å². The summed E-state index contributed by atoms with van der Waals surface area (Å²) in [6, 6.07) is 0. The first-order chi connectivity index (χ1) is 39.1. The third-order valence-corrected chi connectivity index (χ3v) is 16.6. The molecule has 486 valence electrons. The molecule has 0 bridgehead atoms. The van der Waals surface area contributed by atoms with Crippen LogP contribution in [-0.2, 0) is 65.4 Å². The Labute approximate surface area is 498 Å². The molecule has 0 spiro atoms. The number of carbonyl (C=O) groups is 4. The SMILES string of the molecule is CCC(C)CCCCCCCCC(=O)O[C@H](COC(=O)CCCCCCCCCCC(C)C)COP(=O)(O)OC[C@@H](O)COP(=O)(O)OC[C@@H](COC(=O)CCCCCCCCC(C)C)OC(=O)CCCCCCCCCCCC(C)C. The fourth-order valence-electron chi connectivity index (χ4n) is 9.22. The van der Waals surface area contributed by atoms with E-state index in [4.69, 9.17) is 37.0 Å². The molecule has 19 heteroatoms. The van der Waals surface area contributed by atoms with Crippen LogP contribution in [0, 0.1) is 23.7 Å².